The fourth-order valence-electron chi connectivity index (χ4n) is 3.76. The van der Waals surface area contributed by atoms with Crippen molar-refractivity contribution in [1.82, 2.24) is 14.9 Å². The Morgan fingerprint density at radius 3 is 2.88 bits per heavy atom. The van der Waals surface area contributed by atoms with E-state index in [1.54, 1.807) is 12.1 Å². The number of ether oxygens (including phenoxy) is 2. The van der Waals surface area contributed by atoms with Gasteiger partial charge in [0.2, 0.25) is 0 Å². The van der Waals surface area contributed by atoms with E-state index in [0.717, 1.165) is 45.9 Å². The third-order valence-corrected chi connectivity index (χ3v) is 5.11. The van der Waals surface area contributed by atoms with Crippen LogP contribution in [0.2, 0.25) is 0 Å². The zero-order valence-electron chi connectivity index (χ0n) is 14.2. The van der Waals surface area contributed by atoms with Gasteiger partial charge in [-0.25, -0.2) is 14.4 Å². The monoisotopic (exact) mass is 346 g/mol. The maximum Gasteiger partial charge on any atom is 0.140 e. The Balaban J connectivity index is 1.54. The Hall–Kier alpha value is -1.83. The van der Waals surface area contributed by atoms with Gasteiger partial charge in [-0.2, -0.15) is 0 Å². The van der Waals surface area contributed by atoms with E-state index in [9.17, 15) is 4.39 Å². The van der Waals surface area contributed by atoms with Gasteiger partial charge >= 0.3 is 0 Å². The lowest BCUT2D eigenvalue weighted by Crippen LogP contribution is -2.50. The van der Waals surface area contributed by atoms with Crippen LogP contribution in [0.25, 0.3) is 10.9 Å². The van der Waals surface area contributed by atoms with E-state index in [-0.39, 0.29) is 5.82 Å². The number of fused-ring (bicyclic) bond motifs is 1. The molecule has 2 atom stereocenters. The summed E-state index contributed by atoms with van der Waals surface area (Å²) in [6, 6.07) is 5.24. The van der Waals surface area contributed by atoms with Crippen LogP contribution in [0.4, 0.5) is 10.2 Å². The smallest absolute Gasteiger partial charge is 0.140 e. The zero-order valence-corrected chi connectivity index (χ0v) is 14.2. The van der Waals surface area contributed by atoms with E-state index in [0.29, 0.717) is 35.2 Å². The molecule has 3 heterocycles. The standard InChI is InChI=1S/C18H23FN4O2/c19-14-2-1-3-15-17(14)18(22-12-21-15)20-10-16(13-4-7-25-11-13)23-5-8-24-9-6-23/h1-3,12-13,16H,4-11H2,(H,20,21,22)/t13-,16+/m1/s1. The second kappa shape index (κ2) is 7.59. The fraction of sp³-hybridized carbons (Fsp3) is 0.556. The highest BCUT2D eigenvalue weighted by molar-refractivity contribution is 5.89. The topological polar surface area (TPSA) is 59.5 Å². The number of nitrogens with one attached hydrogen (secondary N) is 1. The number of halogens is 1. The first-order valence-corrected chi connectivity index (χ1v) is 8.85. The summed E-state index contributed by atoms with van der Waals surface area (Å²) in [4.78, 5) is 10.9. The summed E-state index contributed by atoms with van der Waals surface area (Å²) < 4.78 is 25.3. The van der Waals surface area contributed by atoms with Crippen LogP contribution < -0.4 is 5.32 Å². The van der Waals surface area contributed by atoms with Crippen LogP contribution in [0.1, 0.15) is 6.42 Å². The van der Waals surface area contributed by atoms with E-state index in [1.165, 1.54) is 12.4 Å². The molecule has 1 N–H and O–H groups in total. The van der Waals surface area contributed by atoms with Gasteiger partial charge in [0.1, 0.15) is 18.0 Å². The van der Waals surface area contributed by atoms with Crippen molar-refractivity contribution >= 4 is 16.7 Å². The average molecular weight is 346 g/mol. The maximum absolute atomic E-state index is 14.3. The van der Waals surface area contributed by atoms with Crippen LogP contribution in [0.3, 0.4) is 0 Å². The number of anilines is 1. The number of benzene rings is 1. The largest absolute Gasteiger partial charge is 0.381 e. The predicted molar refractivity (Wildman–Crippen MR) is 93.1 cm³/mol. The first kappa shape index (κ1) is 16.6. The van der Waals surface area contributed by atoms with Crippen molar-refractivity contribution in [3.63, 3.8) is 0 Å². The molecule has 0 unspecified atom stereocenters. The van der Waals surface area contributed by atoms with Crippen LogP contribution >= 0.6 is 0 Å². The minimum atomic E-state index is -0.298. The van der Waals surface area contributed by atoms with Gasteiger partial charge in [0.15, 0.2) is 0 Å². The van der Waals surface area contributed by atoms with Crippen LogP contribution in [0.5, 0.6) is 0 Å². The summed E-state index contributed by atoms with van der Waals surface area (Å²) in [7, 11) is 0. The van der Waals surface area contributed by atoms with Crippen molar-refractivity contribution in [1.29, 1.82) is 0 Å². The molecule has 0 bridgehead atoms. The van der Waals surface area contributed by atoms with Crippen LogP contribution in [0, 0.1) is 11.7 Å². The molecule has 0 spiro atoms. The average Bonchev–Trinajstić information content (AvgIpc) is 3.17. The van der Waals surface area contributed by atoms with Gasteiger partial charge in [-0.05, 0) is 18.6 Å². The molecule has 0 aliphatic carbocycles. The molecule has 134 valence electrons. The van der Waals surface area contributed by atoms with E-state index in [1.807, 2.05) is 0 Å². The lowest BCUT2D eigenvalue weighted by Gasteiger charge is -2.37. The number of morpholine rings is 1. The van der Waals surface area contributed by atoms with Gasteiger partial charge in [-0.3, -0.25) is 4.90 Å². The quantitative estimate of drug-likeness (QED) is 0.893. The van der Waals surface area contributed by atoms with Crippen LogP contribution in [0.15, 0.2) is 24.5 Å². The highest BCUT2D eigenvalue weighted by Crippen LogP contribution is 2.25. The van der Waals surface area contributed by atoms with Gasteiger partial charge in [-0.15, -0.1) is 0 Å². The minimum absolute atomic E-state index is 0.298. The molecular formula is C18H23FN4O2. The number of hydrogen-bond acceptors (Lipinski definition) is 6. The SMILES string of the molecule is Fc1cccc2ncnc(NC[C@@H]([C@@H]3CCOC3)N3CCOCC3)c12. The highest BCUT2D eigenvalue weighted by atomic mass is 19.1. The second-order valence-electron chi connectivity index (χ2n) is 6.58. The highest BCUT2D eigenvalue weighted by Gasteiger charge is 2.31. The zero-order chi connectivity index (χ0) is 17.1. The molecule has 0 saturated carbocycles. The number of aromatic nitrogens is 2. The summed E-state index contributed by atoms with van der Waals surface area (Å²) in [5, 5.41) is 3.83. The molecule has 0 amide bonds. The van der Waals surface area contributed by atoms with Gasteiger partial charge in [0.25, 0.3) is 0 Å². The van der Waals surface area contributed by atoms with Crippen molar-refractivity contribution in [2.75, 3.05) is 51.4 Å². The minimum Gasteiger partial charge on any atom is -0.381 e. The Kier molecular flexibility index (Phi) is 5.05. The van der Waals surface area contributed by atoms with Crippen molar-refractivity contribution in [3.05, 3.63) is 30.3 Å². The summed E-state index contributed by atoms with van der Waals surface area (Å²) >= 11 is 0. The third kappa shape index (κ3) is 3.58. The lowest BCUT2D eigenvalue weighted by molar-refractivity contribution is 0.00460. The van der Waals surface area contributed by atoms with E-state index >= 15 is 0 Å². The lowest BCUT2D eigenvalue weighted by atomic mass is 9.97. The van der Waals surface area contributed by atoms with Crippen molar-refractivity contribution < 1.29 is 13.9 Å². The van der Waals surface area contributed by atoms with Crippen LogP contribution in [-0.4, -0.2) is 67.0 Å². The fourth-order valence-corrected chi connectivity index (χ4v) is 3.76. The normalized spacial score (nSPS) is 23.0. The molecule has 4 rings (SSSR count). The predicted octanol–water partition coefficient (Wildman–Crippen LogP) is 1.92. The summed E-state index contributed by atoms with van der Waals surface area (Å²) in [5.41, 5.74) is 0.615. The van der Waals surface area contributed by atoms with Crippen LogP contribution in [-0.2, 0) is 9.47 Å². The first-order valence-electron chi connectivity index (χ1n) is 8.85. The van der Waals surface area contributed by atoms with E-state index in [2.05, 4.69) is 20.2 Å². The maximum atomic E-state index is 14.3. The Labute approximate surface area is 146 Å². The molecule has 7 heteroatoms. The van der Waals surface area contributed by atoms with E-state index in [4.69, 9.17) is 9.47 Å². The first-order chi connectivity index (χ1) is 12.3. The van der Waals surface area contributed by atoms with Gasteiger partial charge < -0.3 is 14.8 Å². The molecule has 2 saturated heterocycles. The molecule has 25 heavy (non-hydrogen) atoms. The molecular weight excluding hydrogens is 323 g/mol. The van der Waals surface area contributed by atoms with Crippen molar-refractivity contribution in [2.24, 2.45) is 5.92 Å². The Morgan fingerprint density at radius 2 is 2.08 bits per heavy atom. The van der Waals surface area contributed by atoms with Crippen molar-refractivity contribution in [2.45, 2.75) is 12.5 Å². The Morgan fingerprint density at radius 1 is 1.20 bits per heavy atom. The van der Waals surface area contributed by atoms with Gasteiger partial charge in [0, 0.05) is 38.2 Å². The molecule has 6 nitrogen and oxygen atoms in total. The third-order valence-electron chi connectivity index (χ3n) is 5.11. The molecule has 2 aliphatic heterocycles. The van der Waals surface area contributed by atoms with Gasteiger partial charge in [0.05, 0.1) is 30.7 Å². The summed E-state index contributed by atoms with van der Waals surface area (Å²) in [5.74, 6) is 0.733. The molecule has 2 aliphatic rings. The summed E-state index contributed by atoms with van der Waals surface area (Å²) in [6.45, 7) is 5.65. The number of hydrogen-bond donors (Lipinski definition) is 1. The van der Waals surface area contributed by atoms with E-state index < -0.39 is 0 Å². The second-order valence-corrected chi connectivity index (χ2v) is 6.58. The molecule has 1 aromatic carbocycles. The Bertz CT molecular complexity index is 712. The molecule has 2 aromatic rings. The number of nitrogens with zero attached hydrogens (tertiary/aromatic N) is 3. The molecule has 2 fully saturated rings. The molecule has 1 aromatic heterocycles. The van der Waals surface area contributed by atoms with Crippen molar-refractivity contribution in [3.8, 4) is 0 Å². The summed E-state index contributed by atoms with van der Waals surface area (Å²) in [6.07, 6.45) is 2.54. The number of rotatable bonds is 5. The molecule has 0 radical (unpaired) electrons. The van der Waals surface area contributed by atoms with Gasteiger partial charge in [-0.1, -0.05) is 6.07 Å².